The molecule has 0 spiro atoms. The van der Waals surface area contributed by atoms with Crippen LogP contribution in [0.5, 0.6) is 0 Å². The van der Waals surface area contributed by atoms with Gasteiger partial charge in [-0.05, 0) is 53.8 Å². The zero-order chi connectivity index (χ0) is 17.2. The SMILES string of the molecule is Cc1c(Cl)cccc1S(=O)(=O)NCc1ccnc(-c2cccs2)c1. The molecular weight excluding hydrogens is 364 g/mol. The van der Waals surface area contributed by atoms with Gasteiger partial charge in [0.1, 0.15) is 0 Å². The zero-order valence-electron chi connectivity index (χ0n) is 12.9. The van der Waals surface area contributed by atoms with Crippen LogP contribution in [-0.2, 0) is 16.6 Å². The predicted octanol–water partition coefficient (Wildman–Crippen LogP) is 4.25. The smallest absolute Gasteiger partial charge is 0.241 e. The van der Waals surface area contributed by atoms with E-state index >= 15 is 0 Å². The first-order valence-corrected chi connectivity index (χ1v) is 9.95. The number of rotatable bonds is 5. The molecule has 124 valence electrons. The van der Waals surface area contributed by atoms with E-state index in [1.54, 1.807) is 48.7 Å². The fourth-order valence-electron chi connectivity index (χ4n) is 2.28. The van der Waals surface area contributed by atoms with Crippen LogP contribution in [0.2, 0.25) is 5.02 Å². The number of thiophene rings is 1. The molecule has 3 aromatic rings. The zero-order valence-corrected chi connectivity index (χ0v) is 15.3. The van der Waals surface area contributed by atoms with Crippen molar-refractivity contribution in [2.24, 2.45) is 0 Å². The van der Waals surface area contributed by atoms with Crippen LogP contribution in [0.3, 0.4) is 0 Å². The van der Waals surface area contributed by atoms with Crippen molar-refractivity contribution in [3.05, 3.63) is 70.2 Å². The summed E-state index contributed by atoms with van der Waals surface area (Å²) in [5.41, 5.74) is 2.22. The average Bonchev–Trinajstić information content (AvgIpc) is 3.10. The van der Waals surface area contributed by atoms with Gasteiger partial charge in [-0.25, -0.2) is 13.1 Å². The number of aromatic nitrogens is 1. The number of nitrogens with one attached hydrogen (secondary N) is 1. The molecule has 0 aliphatic rings. The van der Waals surface area contributed by atoms with Crippen LogP contribution >= 0.6 is 22.9 Å². The van der Waals surface area contributed by atoms with Crippen molar-refractivity contribution in [3.8, 4) is 10.6 Å². The standard InChI is InChI=1S/C17H15ClN2O2S2/c1-12-14(18)4-2-6-17(12)24(21,22)20-11-13-7-8-19-15(10-13)16-5-3-9-23-16/h2-10,20H,11H2,1H3. The Kier molecular flexibility index (Phi) is 5.01. The first-order chi connectivity index (χ1) is 11.5. The topological polar surface area (TPSA) is 59.1 Å². The van der Waals surface area contributed by atoms with Gasteiger partial charge >= 0.3 is 0 Å². The molecule has 0 atom stereocenters. The minimum Gasteiger partial charge on any atom is -0.255 e. The highest BCUT2D eigenvalue weighted by molar-refractivity contribution is 7.89. The summed E-state index contributed by atoms with van der Waals surface area (Å²) >= 11 is 7.61. The normalized spacial score (nSPS) is 11.6. The van der Waals surface area contributed by atoms with E-state index in [9.17, 15) is 8.42 Å². The molecule has 1 N–H and O–H groups in total. The van der Waals surface area contributed by atoms with Gasteiger partial charge in [-0.15, -0.1) is 11.3 Å². The van der Waals surface area contributed by atoms with E-state index in [4.69, 9.17) is 11.6 Å². The lowest BCUT2D eigenvalue weighted by molar-refractivity contribution is 0.580. The van der Waals surface area contributed by atoms with Gasteiger partial charge in [0, 0.05) is 17.8 Å². The Morgan fingerprint density at radius 1 is 1.21 bits per heavy atom. The van der Waals surface area contributed by atoms with Gasteiger partial charge < -0.3 is 0 Å². The van der Waals surface area contributed by atoms with E-state index in [-0.39, 0.29) is 11.4 Å². The number of benzene rings is 1. The van der Waals surface area contributed by atoms with Gasteiger partial charge in [-0.2, -0.15) is 0 Å². The number of halogens is 1. The molecule has 2 aromatic heterocycles. The van der Waals surface area contributed by atoms with Gasteiger partial charge in [0.2, 0.25) is 10.0 Å². The Morgan fingerprint density at radius 3 is 2.79 bits per heavy atom. The van der Waals surface area contributed by atoms with E-state index in [1.165, 1.54) is 0 Å². The summed E-state index contributed by atoms with van der Waals surface area (Å²) < 4.78 is 27.6. The number of pyridine rings is 1. The van der Waals surface area contributed by atoms with Crippen LogP contribution in [0, 0.1) is 6.92 Å². The number of hydrogen-bond acceptors (Lipinski definition) is 4. The summed E-state index contributed by atoms with van der Waals surface area (Å²) in [5.74, 6) is 0. The molecule has 0 fully saturated rings. The molecule has 0 aliphatic heterocycles. The Balaban J connectivity index is 1.80. The average molecular weight is 379 g/mol. The van der Waals surface area contributed by atoms with E-state index in [0.717, 1.165) is 16.1 Å². The van der Waals surface area contributed by atoms with E-state index < -0.39 is 10.0 Å². The van der Waals surface area contributed by atoms with Crippen molar-refractivity contribution in [1.29, 1.82) is 0 Å². The Morgan fingerprint density at radius 2 is 2.04 bits per heavy atom. The third kappa shape index (κ3) is 3.67. The molecular formula is C17H15ClN2O2S2. The van der Waals surface area contributed by atoms with Crippen LogP contribution < -0.4 is 4.72 Å². The van der Waals surface area contributed by atoms with Gasteiger partial charge in [0.25, 0.3) is 0 Å². The highest BCUT2D eigenvalue weighted by atomic mass is 35.5. The van der Waals surface area contributed by atoms with Crippen molar-refractivity contribution in [2.45, 2.75) is 18.4 Å². The molecule has 0 saturated heterocycles. The lowest BCUT2D eigenvalue weighted by atomic mass is 10.2. The Hall–Kier alpha value is -1.73. The van der Waals surface area contributed by atoms with Gasteiger partial charge in [-0.1, -0.05) is 23.7 Å². The second-order valence-corrected chi connectivity index (χ2v) is 8.30. The Bertz CT molecular complexity index is 954. The molecule has 0 saturated carbocycles. The van der Waals surface area contributed by atoms with Gasteiger partial charge in [-0.3, -0.25) is 4.98 Å². The molecule has 4 nitrogen and oxygen atoms in total. The third-order valence-electron chi connectivity index (χ3n) is 3.57. The molecule has 0 amide bonds. The fraction of sp³-hybridized carbons (Fsp3) is 0.118. The second kappa shape index (κ2) is 7.03. The van der Waals surface area contributed by atoms with E-state index in [0.29, 0.717) is 10.6 Å². The maximum Gasteiger partial charge on any atom is 0.241 e. The van der Waals surface area contributed by atoms with Crippen molar-refractivity contribution >= 4 is 33.0 Å². The lowest BCUT2D eigenvalue weighted by Gasteiger charge is -2.10. The molecule has 0 bridgehead atoms. The molecule has 0 aliphatic carbocycles. The first-order valence-electron chi connectivity index (χ1n) is 7.21. The molecule has 2 heterocycles. The van der Waals surface area contributed by atoms with E-state index in [1.807, 2.05) is 23.6 Å². The Labute approximate surface area is 150 Å². The minimum atomic E-state index is -3.63. The molecule has 7 heteroatoms. The maximum atomic E-state index is 12.5. The van der Waals surface area contributed by atoms with Crippen molar-refractivity contribution < 1.29 is 8.42 Å². The van der Waals surface area contributed by atoms with Crippen LogP contribution in [0.4, 0.5) is 0 Å². The lowest BCUT2D eigenvalue weighted by Crippen LogP contribution is -2.24. The summed E-state index contributed by atoms with van der Waals surface area (Å²) in [6.07, 6.45) is 1.68. The van der Waals surface area contributed by atoms with Crippen molar-refractivity contribution in [1.82, 2.24) is 9.71 Å². The summed E-state index contributed by atoms with van der Waals surface area (Å²) in [5, 5.41) is 2.41. The summed E-state index contributed by atoms with van der Waals surface area (Å²) in [6, 6.07) is 12.5. The van der Waals surface area contributed by atoms with Crippen LogP contribution in [0.15, 0.2) is 58.9 Å². The predicted molar refractivity (Wildman–Crippen MR) is 97.8 cm³/mol. The fourth-order valence-corrected chi connectivity index (χ4v) is 4.48. The maximum absolute atomic E-state index is 12.5. The van der Waals surface area contributed by atoms with Crippen LogP contribution in [0.1, 0.15) is 11.1 Å². The molecule has 3 rings (SSSR count). The largest absolute Gasteiger partial charge is 0.255 e. The molecule has 1 aromatic carbocycles. The quantitative estimate of drug-likeness (QED) is 0.722. The monoisotopic (exact) mass is 378 g/mol. The second-order valence-electron chi connectivity index (χ2n) is 5.21. The summed E-state index contributed by atoms with van der Waals surface area (Å²) in [6.45, 7) is 1.88. The highest BCUT2D eigenvalue weighted by Crippen LogP contribution is 2.24. The van der Waals surface area contributed by atoms with Gasteiger partial charge in [0.15, 0.2) is 0 Å². The summed E-state index contributed by atoms with van der Waals surface area (Å²) in [4.78, 5) is 5.57. The van der Waals surface area contributed by atoms with Crippen molar-refractivity contribution in [2.75, 3.05) is 0 Å². The van der Waals surface area contributed by atoms with Crippen LogP contribution in [0.25, 0.3) is 10.6 Å². The van der Waals surface area contributed by atoms with Crippen molar-refractivity contribution in [3.63, 3.8) is 0 Å². The van der Waals surface area contributed by atoms with Crippen LogP contribution in [-0.4, -0.2) is 13.4 Å². The molecule has 0 unspecified atom stereocenters. The molecule has 24 heavy (non-hydrogen) atoms. The van der Waals surface area contributed by atoms with Gasteiger partial charge in [0.05, 0.1) is 15.5 Å². The molecule has 0 radical (unpaired) electrons. The number of sulfonamides is 1. The summed E-state index contributed by atoms with van der Waals surface area (Å²) in [7, 11) is -3.63. The minimum absolute atomic E-state index is 0.190. The third-order valence-corrected chi connectivity index (χ3v) is 6.42. The highest BCUT2D eigenvalue weighted by Gasteiger charge is 2.17. The number of nitrogens with zero attached hydrogens (tertiary/aromatic N) is 1. The first kappa shape index (κ1) is 17.1. The van der Waals surface area contributed by atoms with E-state index in [2.05, 4.69) is 9.71 Å². The number of hydrogen-bond donors (Lipinski definition) is 1.